The van der Waals surface area contributed by atoms with Crippen LogP contribution in [0.3, 0.4) is 0 Å². The summed E-state index contributed by atoms with van der Waals surface area (Å²) in [4.78, 5) is 14.5. The summed E-state index contributed by atoms with van der Waals surface area (Å²) < 4.78 is 6.54. The normalized spacial score (nSPS) is 18.6. The summed E-state index contributed by atoms with van der Waals surface area (Å²) in [6, 6.07) is 7.62. The molecule has 110 valence electrons. The molecule has 1 aromatic rings. The number of hydrogen-bond donors (Lipinski definition) is 0. The fourth-order valence-electron chi connectivity index (χ4n) is 2.54. The van der Waals surface area contributed by atoms with E-state index in [1.54, 1.807) is 0 Å². The van der Waals surface area contributed by atoms with Gasteiger partial charge >= 0.3 is 0 Å². The Labute approximate surface area is 129 Å². The largest absolute Gasteiger partial charge is 0.377 e. The Morgan fingerprint density at radius 1 is 1.45 bits per heavy atom. The molecule has 20 heavy (non-hydrogen) atoms. The maximum Gasteiger partial charge on any atom is 0.165 e. The van der Waals surface area contributed by atoms with Gasteiger partial charge in [0.15, 0.2) is 5.78 Å². The number of carbonyl (C=O) groups excluding carboxylic acids is 1. The van der Waals surface area contributed by atoms with Crippen molar-refractivity contribution in [3.63, 3.8) is 0 Å². The lowest BCUT2D eigenvalue weighted by Gasteiger charge is -2.23. The Balaban J connectivity index is 1.83. The Morgan fingerprint density at radius 2 is 2.25 bits per heavy atom. The first-order valence-corrected chi connectivity index (χ1v) is 8.11. The van der Waals surface area contributed by atoms with Gasteiger partial charge in [-0.15, -0.1) is 0 Å². The van der Waals surface area contributed by atoms with E-state index in [1.165, 1.54) is 0 Å². The van der Waals surface area contributed by atoms with Gasteiger partial charge in [0.1, 0.15) is 0 Å². The van der Waals surface area contributed by atoms with E-state index in [0.29, 0.717) is 12.5 Å². The quantitative estimate of drug-likeness (QED) is 0.712. The van der Waals surface area contributed by atoms with E-state index in [1.807, 2.05) is 24.3 Å². The minimum Gasteiger partial charge on any atom is -0.377 e. The zero-order valence-corrected chi connectivity index (χ0v) is 13.6. The highest BCUT2D eigenvalue weighted by atomic mass is 79.9. The lowest BCUT2D eigenvalue weighted by molar-refractivity contribution is 0.0719. The first-order chi connectivity index (χ1) is 9.70. The van der Waals surface area contributed by atoms with E-state index in [2.05, 4.69) is 27.8 Å². The molecular weight excluding hydrogens is 318 g/mol. The number of benzene rings is 1. The maximum absolute atomic E-state index is 12.2. The van der Waals surface area contributed by atoms with Crippen molar-refractivity contribution < 1.29 is 9.53 Å². The molecule has 0 spiro atoms. The second-order valence-electron chi connectivity index (χ2n) is 5.18. The van der Waals surface area contributed by atoms with Crippen molar-refractivity contribution in [3.05, 3.63) is 34.3 Å². The van der Waals surface area contributed by atoms with Gasteiger partial charge in [0.25, 0.3) is 0 Å². The van der Waals surface area contributed by atoms with Crippen LogP contribution in [0.4, 0.5) is 0 Å². The monoisotopic (exact) mass is 339 g/mol. The van der Waals surface area contributed by atoms with Crippen LogP contribution in [0.5, 0.6) is 0 Å². The van der Waals surface area contributed by atoms with E-state index in [0.717, 1.165) is 49.1 Å². The molecule has 0 aromatic heterocycles. The summed E-state index contributed by atoms with van der Waals surface area (Å²) in [7, 11) is 0. The molecule has 0 bridgehead atoms. The number of halogens is 1. The topological polar surface area (TPSA) is 29.5 Å². The highest BCUT2D eigenvalue weighted by molar-refractivity contribution is 9.10. The smallest absolute Gasteiger partial charge is 0.165 e. The minimum atomic E-state index is 0.197. The third-order valence-corrected chi connectivity index (χ3v) is 4.45. The van der Waals surface area contributed by atoms with Crippen LogP contribution in [0.1, 0.15) is 36.5 Å². The van der Waals surface area contributed by atoms with Crippen LogP contribution in [0.25, 0.3) is 0 Å². The van der Waals surface area contributed by atoms with Gasteiger partial charge in [-0.05, 0) is 25.5 Å². The SMILES string of the molecule is CCN(CCC(=O)c1ccccc1Br)CC1CCCO1. The molecule has 1 unspecified atom stereocenters. The van der Waals surface area contributed by atoms with Crippen LogP contribution >= 0.6 is 15.9 Å². The van der Waals surface area contributed by atoms with E-state index >= 15 is 0 Å². The van der Waals surface area contributed by atoms with Crippen molar-refractivity contribution in [2.24, 2.45) is 0 Å². The molecule has 4 heteroatoms. The fraction of sp³-hybridized carbons (Fsp3) is 0.562. The van der Waals surface area contributed by atoms with Crippen molar-refractivity contribution in [1.82, 2.24) is 4.90 Å². The van der Waals surface area contributed by atoms with Crippen molar-refractivity contribution >= 4 is 21.7 Å². The first-order valence-electron chi connectivity index (χ1n) is 7.32. The van der Waals surface area contributed by atoms with Crippen LogP contribution < -0.4 is 0 Å². The van der Waals surface area contributed by atoms with Crippen molar-refractivity contribution in [1.29, 1.82) is 0 Å². The van der Waals surface area contributed by atoms with E-state index in [9.17, 15) is 4.79 Å². The number of ether oxygens (including phenoxy) is 1. The number of rotatable bonds is 7. The number of Topliss-reactive ketones (excluding diaryl/α,β-unsaturated/α-hetero) is 1. The average molecular weight is 340 g/mol. The molecule has 1 aliphatic heterocycles. The molecular formula is C16H22BrNO2. The van der Waals surface area contributed by atoms with Crippen LogP contribution in [-0.4, -0.2) is 43.0 Å². The van der Waals surface area contributed by atoms with Crippen molar-refractivity contribution in [3.8, 4) is 0 Å². The average Bonchev–Trinajstić information content (AvgIpc) is 2.96. The van der Waals surface area contributed by atoms with Gasteiger partial charge in [0, 0.05) is 36.2 Å². The van der Waals surface area contributed by atoms with Gasteiger partial charge in [0.2, 0.25) is 0 Å². The van der Waals surface area contributed by atoms with Gasteiger partial charge in [0.05, 0.1) is 6.10 Å². The lowest BCUT2D eigenvalue weighted by Crippen LogP contribution is -2.33. The van der Waals surface area contributed by atoms with E-state index < -0.39 is 0 Å². The zero-order valence-electron chi connectivity index (χ0n) is 12.0. The molecule has 1 fully saturated rings. The zero-order chi connectivity index (χ0) is 14.4. The molecule has 0 saturated carbocycles. The minimum absolute atomic E-state index is 0.197. The summed E-state index contributed by atoms with van der Waals surface area (Å²) in [5.41, 5.74) is 0.778. The Kier molecular flexibility index (Phi) is 6.20. The summed E-state index contributed by atoms with van der Waals surface area (Å²) in [5, 5.41) is 0. The Hall–Kier alpha value is -0.710. The first kappa shape index (κ1) is 15.7. The molecule has 0 radical (unpaired) electrons. The second kappa shape index (κ2) is 7.91. The molecule has 1 aromatic carbocycles. The third-order valence-electron chi connectivity index (χ3n) is 3.76. The van der Waals surface area contributed by atoms with Gasteiger partial charge in [-0.3, -0.25) is 4.79 Å². The van der Waals surface area contributed by atoms with Crippen molar-refractivity contribution in [2.75, 3.05) is 26.2 Å². The molecule has 3 nitrogen and oxygen atoms in total. The molecule has 1 saturated heterocycles. The molecule has 2 rings (SSSR count). The number of likely N-dealkylation sites (N-methyl/N-ethyl adjacent to an activating group) is 1. The highest BCUT2D eigenvalue weighted by Gasteiger charge is 2.19. The predicted molar refractivity (Wildman–Crippen MR) is 84.2 cm³/mol. The molecule has 1 aliphatic rings. The van der Waals surface area contributed by atoms with Crippen molar-refractivity contribution in [2.45, 2.75) is 32.3 Å². The molecule has 1 heterocycles. The van der Waals surface area contributed by atoms with Gasteiger partial charge < -0.3 is 9.64 Å². The summed E-state index contributed by atoms with van der Waals surface area (Å²) in [6.07, 6.45) is 3.23. The number of nitrogens with zero attached hydrogens (tertiary/aromatic N) is 1. The third kappa shape index (κ3) is 4.40. The molecule has 0 aliphatic carbocycles. The van der Waals surface area contributed by atoms with Crippen LogP contribution in [-0.2, 0) is 4.74 Å². The van der Waals surface area contributed by atoms with Crippen LogP contribution in [0.15, 0.2) is 28.7 Å². The summed E-state index contributed by atoms with van der Waals surface area (Å²) in [6.45, 7) is 5.73. The predicted octanol–water partition coefficient (Wildman–Crippen LogP) is 3.52. The van der Waals surface area contributed by atoms with Gasteiger partial charge in [-0.2, -0.15) is 0 Å². The highest BCUT2D eigenvalue weighted by Crippen LogP contribution is 2.18. The Bertz CT molecular complexity index is 444. The Morgan fingerprint density at radius 3 is 2.90 bits per heavy atom. The summed E-state index contributed by atoms with van der Waals surface area (Å²) in [5.74, 6) is 0.197. The number of ketones is 1. The van der Waals surface area contributed by atoms with E-state index in [4.69, 9.17) is 4.74 Å². The standard InChI is InChI=1S/C16H22BrNO2/c1-2-18(12-13-6-5-11-20-13)10-9-16(19)14-7-3-4-8-15(14)17/h3-4,7-8,13H,2,5-6,9-12H2,1H3. The van der Waals surface area contributed by atoms with Crippen LogP contribution in [0.2, 0.25) is 0 Å². The summed E-state index contributed by atoms with van der Waals surface area (Å²) >= 11 is 3.44. The van der Waals surface area contributed by atoms with Gasteiger partial charge in [-0.1, -0.05) is 41.1 Å². The fourth-order valence-corrected chi connectivity index (χ4v) is 3.04. The molecule has 1 atom stereocenters. The second-order valence-corrected chi connectivity index (χ2v) is 6.04. The maximum atomic E-state index is 12.2. The number of hydrogen-bond acceptors (Lipinski definition) is 3. The molecule has 0 amide bonds. The van der Waals surface area contributed by atoms with Crippen LogP contribution in [0, 0.1) is 0 Å². The molecule has 0 N–H and O–H groups in total. The van der Waals surface area contributed by atoms with E-state index in [-0.39, 0.29) is 5.78 Å². The number of carbonyl (C=O) groups is 1. The lowest BCUT2D eigenvalue weighted by atomic mass is 10.1. The van der Waals surface area contributed by atoms with Gasteiger partial charge in [-0.25, -0.2) is 0 Å².